The topological polar surface area (TPSA) is 26.9 Å². The van der Waals surface area contributed by atoms with Crippen LogP contribution in [0.1, 0.15) is 17.3 Å². The maximum absolute atomic E-state index is 12.2. The fourth-order valence-corrected chi connectivity index (χ4v) is 3.64. The number of halogens is 1. The predicted molar refractivity (Wildman–Crippen MR) is 104 cm³/mol. The van der Waals surface area contributed by atoms with Gasteiger partial charge in [0.25, 0.3) is 0 Å². The maximum atomic E-state index is 12.2. The second kappa shape index (κ2) is 5.78. The van der Waals surface area contributed by atoms with Crippen molar-refractivity contribution in [1.82, 2.24) is 9.13 Å². The van der Waals surface area contributed by atoms with Gasteiger partial charge in [0.15, 0.2) is 5.78 Å². The first-order chi connectivity index (χ1) is 12.0. The van der Waals surface area contributed by atoms with Crippen molar-refractivity contribution in [2.45, 2.75) is 12.3 Å². The highest BCUT2D eigenvalue weighted by Gasteiger charge is 2.16. The fourth-order valence-electron chi connectivity index (χ4n) is 3.51. The fraction of sp³-hybridized carbons (Fsp3) is 0.190. The quantitative estimate of drug-likeness (QED) is 0.371. The number of aromatic nitrogens is 2. The molecule has 3 nitrogen and oxygen atoms in total. The third kappa shape index (κ3) is 2.47. The van der Waals surface area contributed by atoms with Gasteiger partial charge in [0.2, 0.25) is 0 Å². The molecular formula is C21H19ClN2O. The van der Waals surface area contributed by atoms with Gasteiger partial charge in [0.05, 0.1) is 16.8 Å². The first-order valence-corrected chi connectivity index (χ1v) is 8.73. The van der Waals surface area contributed by atoms with E-state index >= 15 is 0 Å². The summed E-state index contributed by atoms with van der Waals surface area (Å²) in [6.45, 7) is 1.71. The first-order valence-electron chi connectivity index (χ1n) is 8.30. The van der Waals surface area contributed by atoms with Gasteiger partial charge in [-0.05, 0) is 43.3 Å². The number of Topliss-reactive ketones (excluding diaryl/α,β-unsaturated/α-hetero) is 1. The number of benzene rings is 2. The second-order valence-corrected chi connectivity index (χ2v) is 7.14. The summed E-state index contributed by atoms with van der Waals surface area (Å²) in [6.07, 6.45) is 0. The monoisotopic (exact) mass is 350 g/mol. The van der Waals surface area contributed by atoms with Crippen LogP contribution in [0.25, 0.3) is 33.2 Å². The minimum absolute atomic E-state index is 0.0430. The van der Waals surface area contributed by atoms with Crippen LogP contribution in [0.4, 0.5) is 0 Å². The van der Waals surface area contributed by atoms with E-state index in [1.807, 2.05) is 18.2 Å². The average molecular weight is 351 g/mol. The molecule has 4 rings (SSSR count). The van der Waals surface area contributed by atoms with Crippen molar-refractivity contribution < 1.29 is 4.79 Å². The molecule has 1 unspecified atom stereocenters. The summed E-state index contributed by atoms with van der Waals surface area (Å²) in [5.74, 6) is -0.0430. The number of carbonyl (C=O) groups is 1. The van der Waals surface area contributed by atoms with Crippen LogP contribution in [0, 0.1) is 0 Å². The van der Waals surface area contributed by atoms with Crippen molar-refractivity contribution in [1.29, 1.82) is 0 Å². The van der Waals surface area contributed by atoms with Crippen LogP contribution >= 0.6 is 11.6 Å². The molecule has 0 aliphatic carbocycles. The molecule has 0 fully saturated rings. The lowest BCUT2D eigenvalue weighted by atomic mass is 10.1. The number of alkyl halides is 1. The molecule has 25 heavy (non-hydrogen) atoms. The summed E-state index contributed by atoms with van der Waals surface area (Å²) in [6, 6.07) is 18.5. The highest BCUT2D eigenvalue weighted by atomic mass is 35.5. The number of ketones is 1. The van der Waals surface area contributed by atoms with E-state index in [1.165, 1.54) is 10.9 Å². The van der Waals surface area contributed by atoms with Crippen LogP contribution in [0.5, 0.6) is 0 Å². The van der Waals surface area contributed by atoms with Gasteiger partial charge in [-0.15, -0.1) is 11.6 Å². The smallest absolute Gasteiger partial charge is 0.180 e. The van der Waals surface area contributed by atoms with Crippen LogP contribution in [-0.4, -0.2) is 20.3 Å². The summed E-state index contributed by atoms with van der Waals surface area (Å²) in [5, 5.41) is 1.75. The summed E-state index contributed by atoms with van der Waals surface area (Å²) >= 11 is 5.95. The molecule has 2 heterocycles. The number of hydrogen-bond acceptors (Lipinski definition) is 1. The van der Waals surface area contributed by atoms with Crippen LogP contribution in [0.3, 0.4) is 0 Å². The molecule has 0 saturated carbocycles. The van der Waals surface area contributed by atoms with E-state index in [2.05, 4.69) is 59.6 Å². The molecule has 0 saturated heterocycles. The summed E-state index contributed by atoms with van der Waals surface area (Å²) in [5.41, 5.74) is 5.23. The van der Waals surface area contributed by atoms with Gasteiger partial charge in [0.1, 0.15) is 0 Å². The molecule has 4 aromatic rings. The molecule has 0 aliphatic heterocycles. The Morgan fingerprint density at radius 2 is 1.48 bits per heavy atom. The third-order valence-electron chi connectivity index (χ3n) is 4.90. The SMILES string of the molecule is CC(Cl)C(=O)c1ccc2c(c1)cc(-c1cc3ccccc3n1C)n2C. The zero-order valence-corrected chi connectivity index (χ0v) is 15.2. The van der Waals surface area contributed by atoms with Crippen LogP contribution in [0.15, 0.2) is 54.6 Å². The number of para-hydroxylation sites is 1. The zero-order valence-electron chi connectivity index (χ0n) is 14.5. The van der Waals surface area contributed by atoms with Gasteiger partial charge < -0.3 is 9.13 Å². The Morgan fingerprint density at radius 1 is 0.880 bits per heavy atom. The summed E-state index contributed by atoms with van der Waals surface area (Å²) in [7, 11) is 4.14. The van der Waals surface area contributed by atoms with Crippen molar-refractivity contribution in [2.24, 2.45) is 14.1 Å². The van der Waals surface area contributed by atoms with Crippen LogP contribution in [-0.2, 0) is 14.1 Å². The van der Waals surface area contributed by atoms with E-state index in [9.17, 15) is 4.79 Å². The Balaban J connectivity index is 1.91. The summed E-state index contributed by atoms with van der Waals surface area (Å²) < 4.78 is 4.37. The Labute approximate surface area is 151 Å². The Hall–Kier alpha value is -2.52. The van der Waals surface area contributed by atoms with E-state index < -0.39 is 5.38 Å². The van der Waals surface area contributed by atoms with Crippen molar-refractivity contribution in [3.63, 3.8) is 0 Å². The van der Waals surface area contributed by atoms with Gasteiger partial charge in [-0.1, -0.05) is 18.2 Å². The van der Waals surface area contributed by atoms with Crippen LogP contribution < -0.4 is 0 Å². The van der Waals surface area contributed by atoms with E-state index in [-0.39, 0.29) is 5.78 Å². The molecule has 126 valence electrons. The number of nitrogens with zero attached hydrogens (tertiary/aromatic N) is 2. The second-order valence-electron chi connectivity index (χ2n) is 6.49. The molecule has 4 heteroatoms. The van der Waals surface area contributed by atoms with E-state index in [0.29, 0.717) is 5.56 Å². The van der Waals surface area contributed by atoms with E-state index in [0.717, 1.165) is 22.3 Å². The Bertz CT molecular complexity index is 1120. The minimum Gasteiger partial charge on any atom is -0.342 e. The van der Waals surface area contributed by atoms with Crippen molar-refractivity contribution in [2.75, 3.05) is 0 Å². The molecule has 2 aromatic carbocycles. The molecule has 1 atom stereocenters. The summed E-state index contributed by atoms with van der Waals surface area (Å²) in [4.78, 5) is 12.2. The molecule has 0 N–H and O–H groups in total. The standard InChI is InChI=1S/C21H19ClN2O/c1-13(22)21(25)15-8-9-18-16(10-15)12-20(24(18)3)19-11-14-6-4-5-7-17(14)23(19)2/h4-13H,1-3H3. The lowest BCUT2D eigenvalue weighted by Crippen LogP contribution is -2.10. The number of fused-ring (bicyclic) bond motifs is 2. The highest BCUT2D eigenvalue weighted by Crippen LogP contribution is 2.31. The van der Waals surface area contributed by atoms with Gasteiger partial charge in [-0.2, -0.15) is 0 Å². The molecule has 0 amide bonds. The number of carbonyl (C=O) groups excluding carboxylic acids is 1. The van der Waals surface area contributed by atoms with E-state index in [1.54, 1.807) is 6.92 Å². The number of hydrogen-bond donors (Lipinski definition) is 0. The lowest BCUT2D eigenvalue weighted by molar-refractivity contribution is 0.0992. The molecule has 0 aliphatic rings. The largest absolute Gasteiger partial charge is 0.342 e. The molecule has 0 bridgehead atoms. The van der Waals surface area contributed by atoms with Crippen molar-refractivity contribution >= 4 is 39.2 Å². The first kappa shape index (κ1) is 16.0. The minimum atomic E-state index is -0.515. The molecule has 2 aromatic heterocycles. The van der Waals surface area contributed by atoms with Gasteiger partial charge >= 0.3 is 0 Å². The predicted octanol–water partition coefficient (Wildman–Crippen LogP) is 5.15. The van der Waals surface area contributed by atoms with Gasteiger partial charge in [-0.25, -0.2) is 0 Å². The molecular weight excluding hydrogens is 332 g/mol. The Morgan fingerprint density at radius 3 is 2.12 bits per heavy atom. The van der Waals surface area contributed by atoms with Crippen molar-refractivity contribution in [3.8, 4) is 11.4 Å². The Kier molecular flexibility index (Phi) is 3.69. The van der Waals surface area contributed by atoms with Gasteiger partial charge in [-0.3, -0.25) is 4.79 Å². The number of rotatable bonds is 3. The van der Waals surface area contributed by atoms with Crippen molar-refractivity contribution in [3.05, 3.63) is 60.2 Å². The normalized spacial score (nSPS) is 12.8. The van der Waals surface area contributed by atoms with E-state index in [4.69, 9.17) is 11.6 Å². The maximum Gasteiger partial charge on any atom is 0.180 e. The lowest BCUT2D eigenvalue weighted by Gasteiger charge is -2.07. The molecule has 0 spiro atoms. The zero-order chi connectivity index (χ0) is 17.7. The molecule has 0 radical (unpaired) electrons. The highest BCUT2D eigenvalue weighted by molar-refractivity contribution is 6.33. The average Bonchev–Trinajstić information content (AvgIpc) is 3.11. The van der Waals surface area contributed by atoms with Gasteiger partial charge in [0, 0.05) is 41.5 Å². The number of aryl methyl sites for hydroxylation is 2. The van der Waals surface area contributed by atoms with Crippen LogP contribution in [0.2, 0.25) is 0 Å². The third-order valence-corrected chi connectivity index (χ3v) is 5.10.